The number of nitriles is 1. The van der Waals surface area contributed by atoms with Gasteiger partial charge in [-0.15, -0.1) is 5.10 Å². The molecule has 162 valence electrons. The Morgan fingerprint density at radius 3 is 2.53 bits per heavy atom. The number of amides is 1. The van der Waals surface area contributed by atoms with Crippen LogP contribution in [-0.2, 0) is 6.54 Å². The van der Waals surface area contributed by atoms with Crippen molar-refractivity contribution in [1.29, 1.82) is 5.26 Å². The monoisotopic (exact) mass is 429 g/mol. The minimum Gasteiger partial charge on any atom is -0.406 e. The van der Waals surface area contributed by atoms with Crippen LogP contribution >= 0.6 is 0 Å². The van der Waals surface area contributed by atoms with E-state index in [4.69, 9.17) is 15.4 Å². The average molecular weight is 429 g/mol. The maximum Gasteiger partial charge on any atom is 0.312 e. The normalized spacial score (nSPS) is 12.4. The smallest absolute Gasteiger partial charge is 0.312 e. The van der Waals surface area contributed by atoms with E-state index < -0.39 is 11.5 Å². The number of nitrogens with one attached hydrogen (secondary N) is 1. The zero-order valence-electron chi connectivity index (χ0n) is 18.0. The van der Waals surface area contributed by atoms with Crippen LogP contribution in [0.2, 0.25) is 0 Å². The molecule has 3 N–H and O–H groups in total. The highest BCUT2D eigenvalue weighted by molar-refractivity contribution is 6.05. The predicted molar refractivity (Wildman–Crippen MR) is 118 cm³/mol. The summed E-state index contributed by atoms with van der Waals surface area (Å²) < 4.78 is 7.17. The number of benzene rings is 2. The van der Waals surface area contributed by atoms with Gasteiger partial charge in [-0.25, -0.2) is 0 Å². The van der Waals surface area contributed by atoms with E-state index in [0.29, 0.717) is 17.8 Å². The zero-order valence-corrected chi connectivity index (χ0v) is 18.0. The third-order valence-electron chi connectivity index (χ3n) is 5.13. The van der Waals surface area contributed by atoms with Crippen LogP contribution in [0.1, 0.15) is 54.3 Å². The zero-order chi connectivity index (χ0) is 22.9. The Labute approximate surface area is 184 Å². The van der Waals surface area contributed by atoms with Crippen molar-refractivity contribution >= 4 is 22.8 Å². The summed E-state index contributed by atoms with van der Waals surface area (Å²) in [7, 11) is 0. The lowest BCUT2D eigenvalue weighted by Crippen LogP contribution is -2.37. The van der Waals surface area contributed by atoms with Gasteiger partial charge in [0.1, 0.15) is 6.04 Å². The molecule has 0 bridgehead atoms. The Morgan fingerprint density at radius 2 is 1.91 bits per heavy atom. The molecule has 0 aliphatic rings. The van der Waals surface area contributed by atoms with E-state index in [1.165, 1.54) is 0 Å². The second kappa shape index (κ2) is 8.15. The van der Waals surface area contributed by atoms with Crippen LogP contribution in [0.25, 0.3) is 10.9 Å². The van der Waals surface area contributed by atoms with Gasteiger partial charge in [0, 0.05) is 5.39 Å². The summed E-state index contributed by atoms with van der Waals surface area (Å²) in [4.78, 5) is 13.3. The van der Waals surface area contributed by atoms with Gasteiger partial charge in [-0.05, 0) is 29.2 Å². The van der Waals surface area contributed by atoms with Gasteiger partial charge in [-0.2, -0.15) is 10.4 Å². The van der Waals surface area contributed by atoms with Gasteiger partial charge in [-0.3, -0.25) is 9.48 Å². The van der Waals surface area contributed by atoms with Crippen LogP contribution in [0.15, 0.2) is 52.9 Å². The maximum atomic E-state index is 13.3. The number of rotatable bonds is 5. The van der Waals surface area contributed by atoms with E-state index in [-0.39, 0.29) is 17.8 Å². The molecule has 0 spiro atoms. The van der Waals surface area contributed by atoms with Gasteiger partial charge in [0.05, 0.1) is 23.7 Å². The Balaban J connectivity index is 1.67. The molecule has 0 aliphatic carbocycles. The first-order chi connectivity index (χ1) is 15.3. The quantitative estimate of drug-likeness (QED) is 0.496. The lowest BCUT2D eigenvalue weighted by atomic mass is 9.86. The number of nitrogens with zero attached hydrogens (tertiary/aromatic N) is 5. The minimum absolute atomic E-state index is 0.0550. The second-order valence-corrected chi connectivity index (χ2v) is 8.58. The first-order valence-corrected chi connectivity index (χ1v) is 10.1. The highest BCUT2D eigenvalue weighted by atomic mass is 16.4. The molecule has 1 amide bonds. The van der Waals surface area contributed by atoms with Crippen molar-refractivity contribution in [3.8, 4) is 6.07 Å². The van der Waals surface area contributed by atoms with Crippen molar-refractivity contribution < 1.29 is 9.21 Å². The third kappa shape index (κ3) is 4.16. The van der Waals surface area contributed by atoms with Crippen molar-refractivity contribution in [1.82, 2.24) is 25.3 Å². The number of aromatic nitrogens is 4. The van der Waals surface area contributed by atoms with Crippen molar-refractivity contribution in [3.05, 3.63) is 71.2 Å². The van der Waals surface area contributed by atoms with Gasteiger partial charge in [0.2, 0.25) is 5.89 Å². The fraction of sp³-hybridized carbons (Fsp3) is 0.261. The number of carbonyl (C=O) groups excluding carboxylic acids is 1. The number of carbonyl (C=O) groups is 1. The molecule has 2 aromatic heterocycles. The van der Waals surface area contributed by atoms with E-state index in [1.54, 1.807) is 16.8 Å². The third-order valence-corrected chi connectivity index (χ3v) is 5.13. The number of nitrogens with two attached hydrogens (primary N) is 1. The van der Waals surface area contributed by atoms with Crippen LogP contribution in [-0.4, -0.2) is 25.9 Å². The summed E-state index contributed by atoms with van der Waals surface area (Å²) >= 11 is 0. The van der Waals surface area contributed by atoms with Crippen LogP contribution < -0.4 is 11.1 Å². The molecule has 9 nitrogen and oxygen atoms in total. The molecule has 1 atom stereocenters. The summed E-state index contributed by atoms with van der Waals surface area (Å²) in [5.41, 5.74) is 7.87. The summed E-state index contributed by atoms with van der Waals surface area (Å²) in [5.74, 6) is -0.110. The molecule has 0 saturated carbocycles. The molecule has 0 radical (unpaired) electrons. The van der Waals surface area contributed by atoms with Gasteiger partial charge in [0.25, 0.3) is 5.91 Å². The number of para-hydroxylation sites is 1. The van der Waals surface area contributed by atoms with Gasteiger partial charge in [-0.1, -0.05) is 56.2 Å². The summed E-state index contributed by atoms with van der Waals surface area (Å²) in [5, 5.41) is 25.0. The van der Waals surface area contributed by atoms with Crippen molar-refractivity contribution in [2.24, 2.45) is 5.41 Å². The highest BCUT2D eigenvalue weighted by Crippen LogP contribution is 2.33. The van der Waals surface area contributed by atoms with Gasteiger partial charge < -0.3 is 15.5 Å². The molecular formula is C23H23N7O2. The molecule has 9 heteroatoms. The van der Waals surface area contributed by atoms with Crippen LogP contribution in [0, 0.1) is 16.7 Å². The first-order valence-electron chi connectivity index (χ1n) is 10.1. The van der Waals surface area contributed by atoms with Crippen molar-refractivity contribution in [3.63, 3.8) is 0 Å². The molecule has 4 aromatic rings. The van der Waals surface area contributed by atoms with E-state index in [1.807, 2.05) is 57.2 Å². The molecule has 0 saturated heterocycles. The Morgan fingerprint density at radius 1 is 1.19 bits per heavy atom. The van der Waals surface area contributed by atoms with E-state index >= 15 is 0 Å². The second-order valence-electron chi connectivity index (χ2n) is 8.58. The Hall–Kier alpha value is -4.19. The predicted octanol–water partition coefficient (Wildman–Crippen LogP) is 3.44. The fourth-order valence-electron chi connectivity index (χ4n) is 3.48. The van der Waals surface area contributed by atoms with Crippen LogP contribution in [0.5, 0.6) is 0 Å². The summed E-state index contributed by atoms with van der Waals surface area (Å²) in [6.07, 6.45) is 0. The molecule has 0 aliphatic heterocycles. The van der Waals surface area contributed by atoms with Crippen LogP contribution in [0.3, 0.4) is 0 Å². The molecule has 2 heterocycles. The summed E-state index contributed by atoms with van der Waals surface area (Å²) in [6.45, 7) is 6.34. The molecule has 4 rings (SSSR count). The van der Waals surface area contributed by atoms with E-state index in [9.17, 15) is 4.79 Å². The van der Waals surface area contributed by atoms with Crippen molar-refractivity contribution in [2.75, 3.05) is 5.73 Å². The Kier molecular flexibility index (Phi) is 5.36. The number of nitrogen functional groups attached to an aromatic ring is 1. The van der Waals surface area contributed by atoms with E-state index in [2.05, 4.69) is 26.7 Å². The number of anilines is 1. The highest BCUT2D eigenvalue weighted by Gasteiger charge is 2.33. The van der Waals surface area contributed by atoms with E-state index in [0.717, 1.165) is 16.5 Å². The molecule has 0 fully saturated rings. The Bertz CT molecular complexity index is 1310. The number of hydrogen-bond acceptors (Lipinski definition) is 7. The first kappa shape index (κ1) is 21.1. The largest absolute Gasteiger partial charge is 0.406 e. The lowest BCUT2D eigenvalue weighted by Gasteiger charge is -2.28. The molecule has 32 heavy (non-hydrogen) atoms. The minimum atomic E-state index is -0.553. The fourth-order valence-corrected chi connectivity index (χ4v) is 3.48. The maximum absolute atomic E-state index is 13.3. The lowest BCUT2D eigenvalue weighted by molar-refractivity contribution is 0.0882. The molecular weight excluding hydrogens is 406 g/mol. The van der Waals surface area contributed by atoms with Crippen molar-refractivity contribution in [2.45, 2.75) is 33.4 Å². The molecule has 0 unspecified atom stereocenters. The number of hydrogen-bond donors (Lipinski definition) is 2. The standard InChI is InChI=1S/C23H23N7O2/c1-23(2,3)19(21-27-28-22(25)32-21)26-20(31)18-16-6-4-5-7-17(16)30(29-18)13-15-10-8-14(12-24)9-11-15/h4-11,19H,13H2,1-3H3,(H2,25,28)(H,26,31)/t19-/m1/s1. The average Bonchev–Trinajstić information content (AvgIpc) is 3.35. The topological polar surface area (TPSA) is 136 Å². The number of fused-ring (bicyclic) bond motifs is 1. The summed E-state index contributed by atoms with van der Waals surface area (Å²) in [6, 6.07) is 16.3. The van der Waals surface area contributed by atoms with Gasteiger partial charge in [0.15, 0.2) is 5.69 Å². The molecule has 2 aromatic carbocycles. The SMILES string of the molecule is CC(C)(C)[C@H](NC(=O)c1nn(Cc2ccc(C#N)cc2)c2ccccc12)c1nnc(N)o1. The van der Waals surface area contributed by atoms with Gasteiger partial charge >= 0.3 is 6.01 Å². The van der Waals surface area contributed by atoms with Crippen LogP contribution in [0.4, 0.5) is 6.01 Å².